The number of halogens is 1. The first-order valence-corrected chi connectivity index (χ1v) is 6.76. The smallest absolute Gasteiger partial charge is 0.221 e. The lowest BCUT2D eigenvalue weighted by molar-refractivity contribution is 0.459. The number of pyridine rings is 1. The molecule has 0 spiro atoms. The Morgan fingerprint density at radius 1 is 1.20 bits per heavy atom. The first-order valence-electron chi connectivity index (χ1n) is 6.38. The molecule has 106 valence electrons. The topological polar surface area (TPSA) is 74.2 Å². The summed E-state index contributed by atoms with van der Waals surface area (Å²) in [6.07, 6.45) is 0. The van der Waals surface area contributed by atoms with E-state index in [0.717, 1.165) is 21.9 Å². The van der Waals surface area contributed by atoms with Gasteiger partial charge in [0, 0.05) is 11.1 Å². The summed E-state index contributed by atoms with van der Waals surface area (Å²) in [5, 5.41) is 0.745. The number of benzene rings is 1. The van der Waals surface area contributed by atoms with Gasteiger partial charge in [0.05, 0.1) is 5.69 Å². The van der Waals surface area contributed by atoms with Gasteiger partial charge in [-0.15, -0.1) is 0 Å². The van der Waals surface area contributed by atoms with Crippen LogP contribution >= 0.6 is 11.6 Å². The van der Waals surface area contributed by atoms with Gasteiger partial charge in [0.25, 0.3) is 0 Å². The summed E-state index contributed by atoms with van der Waals surface area (Å²) < 4.78 is 5.79. The number of aryl methyl sites for hydroxylation is 1. The highest BCUT2D eigenvalue weighted by molar-refractivity contribution is 6.31. The number of aromatic nitrogens is 1. The van der Waals surface area contributed by atoms with E-state index >= 15 is 0 Å². The van der Waals surface area contributed by atoms with Crippen LogP contribution in [0, 0.1) is 6.92 Å². The number of nitrogens with zero attached hydrogens (tertiary/aromatic N) is 1. The first kappa shape index (κ1) is 14.5. The number of rotatable bonds is 3. The third-order valence-electron chi connectivity index (χ3n) is 3.06. The Balaban J connectivity index is 2.37. The van der Waals surface area contributed by atoms with Gasteiger partial charge in [-0.05, 0) is 42.2 Å². The maximum absolute atomic E-state index is 6.24. The second-order valence-electron chi connectivity index (χ2n) is 5.02. The average molecular weight is 292 g/mol. The van der Waals surface area contributed by atoms with Crippen molar-refractivity contribution >= 4 is 23.1 Å². The van der Waals surface area contributed by atoms with E-state index in [4.69, 9.17) is 27.8 Å². The van der Waals surface area contributed by atoms with Gasteiger partial charge in [-0.3, -0.25) is 0 Å². The summed E-state index contributed by atoms with van der Waals surface area (Å²) in [5.74, 6) is 1.71. The Hall–Kier alpha value is -1.94. The fraction of sp³-hybridized carbons (Fsp3) is 0.267. The van der Waals surface area contributed by atoms with Crippen LogP contribution in [0.2, 0.25) is 5.02 Å². The van der Waals surface area contributed by atoms with Gasteiger partial charge in [-0.25, -0.2) is 0 Å². The normalized spacial score (nSPS) is 10.8. The predicted molar refractivity (Wildman–Crippen MR) is 83.4 cm³/mol. The lowest BCUT2D eigenvalue weighted by Crippen LogP contribution is -2.00. The molecule has 1 aromatic heterocycles. The molecule has 20 heavy (non-hydrogen) atoms. The predicted octanol–water partition coefficient (Wildman–Crippen LogP) is 4.12. The Kier molecular flexibility index (Phi) is 4.04. The van der Waals surface area contributed by atoms with E-state index in [2.05, 4.69) is 18.8 Å². The minimum Gasteiger partial charge on any atom is -0.439 e. The second-order valence-corrected chi connectivity index (χ2v) is 5.43. The maximum Gasteiger partial charge on any atom is 0.221 e. The molecule has 0 radical (unpaired) electrons. The van der Waals surface area contributed by atoms with E-state index in [1.165, 1.54) is 0 Å². The quantitative estimate of drug-likeness (QED) is 0.892. The zero-order chi connectivity index (χ0) is 14.9. The molecular formula is C15H18ClN3O. The zero-order valence-corrected chi connectivity index (χ0v) is 12.5. The van der Waals surface area contributed by atoms with Crippen LogP contribution in [0.15, 0.2) is 24.3 Å². The molecule has 0 saturated heterocycles. The van der Waals surface area contributed by atoms with Gasteiger partial charge in [-0.2, -0.15) is 4.98 Å². The van der Waals surface area contributed by atoms with Crippen LogP contribution in [0.5, 0.6) is 11.6 Å². The van der Waals surface area contributed by atoms with Crippen LogP contribution in [-0.4, -0.2) is 4.98 Å². The largest absolute Gasteiger partial charge is 0.439 e. The summed E-state index contributed by atoms with van der Waals surface area (Å²) in [6, 6.07) is 7.20. The molecule has 0 saturated carbocycles. The second kappa shape index (κ2) is 5.59. The molecule has 5 heteroatoms. The van der Waals surface area contributed by atoms with Crippen LogP contribution in [0.25, 0.3) is 0 Å². The summed E-state index contributed by atoms with van der Waals surface area (Å²) >= 11 is 6.24. The number of anilines is 2. The molecule has 0 amide bonds. The minimum absolute atomic E-state index is 0.262. The number of nitrogens with two attached hydrogens (primary N) is 2. The molecule has 1 heterocycles. The molecule has 4 nitrogen and oxygen atoms in total. The Labute approximate surface area is 123 Å². The number of ether oxygens (including phenoxy) is 1. The van der Waals surface area contributed by atoms with E-state index in [9.17, 15) is 0 Å². The molecule has 0 unspecified atom stereocenters. The molecule has 0 bridgehead atoms. The summed E-state index contributed by atoms with van der Waals surface area (Å²) in [5.41, 5.74) is 13.7. The molecule has 0 aliphatic carbocycles. The highest BCUT2D eigenvalue weighted by Crippen LogP contribution is 2.33. The van der Waals surface area contributed by atoms with Gasteiger partial charge in [0.1, 0.15) is 5.75 Å². The molecule has 0 atom stereocenters. The van der Waals surface area contributed by atoms with Crippen LogP contribution in [0.1, 0.15) is 30.9 Å². The summed E-state index contributed by atoms with van der Waals surface area (Å²) in [4.78, 5) is 4.10. The van der Waals surface area contributed by atoms with Crippen LogP contribution < -0.4 is 16.2 Å². The first-order chi connectivity index (χ1) is 9.38. The molecule has 1 aromatic carbocycles. The van der Waals surface area contributed by atoms with Crippen LogP contribution in [-0.2, 0) is 0 Å². The van der Waals surface area contributed by atoms with Crippen molar-refractivity contribution in [1.29, 1.82) is 0 Å². The molecule has 0 fully saturated rings. The van der Waals surface area contributed by atoms with Gasteiger partial charge in [-0.1, -0.05) is 25.4 Å². The van der Waals surface area contributed by atoms with Crippen molar-refractivity contribution in [3.05, 3.63) is 40.4 Å². The standard InChI is InChI=1S/C15H18ClN3O/c1-8(2)10-7-13(9(3)6-11(10)16)20-14-5-4-12(17)15(18)19-14/h4-8H,17H2,1-3H3,(H2,18,19). The number of hydrogen-bond donors (Lipinski definition) is 2. The van der Waals surface area contributed by atoms with Crippen molar-refractivity contribution in [2.45, 2.75) is 26.7 Å². The number of hydrogen-bond acceptors (Lipinski definition) is 4. The molecular weight excluding hydrogens is 274 g/mol. The maximum atomic E-state index is 6.24. The molecule has 4 N–H and O–H groups in total. The third-order valence-corrected chi connectivity index (χ3v) is 3.39. The van der Waals surface area contributed by atoms with Crippen molar-refractivity contribution in [1.82, 2.24) is 4.98 Å². The van der Waals surface area contributed by atoms with Gasteiger partial charge in [0.2, 0.25) is 5.88 Å². The van der Waals surface area contributed by atoms with Gasteiger partial charge >= 0.3 is 0 Å². The lowest BCUT2D eigenvalue weighted by Gasteiger charge is -2.14. The van der Waals surface area contributed by atoms with E-state index in [1.54, 1.807) is 12.1 Å². The Morgan fingerprint density at radius 2 is 1.90 bits per heavy atom. The highest BCUT2D eigenvalue weighted by atomic mass is 35.5. The molecule has 0 aliphatic rings. The van der Waals surface area contributed by atoms with Crippen molar-refractivity contribution in [3.8, 4) is 11.6 Å². The Bertz CT molecular complexity index is 641. The number of nitrogen functional groups attached to an aromatic ring is 2. The minimum atomic E-state index is 0.262. The molecule has 0 aliphatic heterocycles. The van der Waals surface area contributed by atoms with Crippen molar-refractivity contribution in [2.75, 3.05) is 11.5 Å². The lowest BCUT2D eigenvalue weighted by atomic mass is 10.0. The summed E-state index contributed by atoms with van der Waals surface area (Å²) in [6.45, 7) is 6.10. The fourth-order valence-electron chi connectivity index (χ4n) is 1.86. The molecule has 2 aromatic rings. The Morgan fingerprint density at radius 3 is 2.50 bits per heavy atom. The van der Waals surface area contributed by atoms with Crippen molar-refractivity contribution in [2.24, 2.45) is 0 Å². The zero-order valence-electron chi connectivity index (χ0n) is 11.8. The fourth-order valence-corrected chi connectivity index (χ4v) is 2.29. The van der Waals surface area contributed by atoms with Crippen LogP contribution in [0.3, 0.4) is 0 Å². The van der Waals surface area contributed by atoms with E-state index in [0.29, 0.717) is 17.5 Å². The van der Waals surface area contributed by atoms with Crippen molar-refractivity contribution in [3.63, 3.8) is 0 Å². The van der Waals surface area contributed by atoms with Crippen molar-refractivity contribution < 1.29 is 4.74 Å². The summed E-state index contributed by atoms with van der Waals surface area (Å²) in [7, 11) is 0. The SMILES string of the molecule is Cc1cc(Cl)c(C(C)C)cc1Oc1ccc(N)c(N)n1. The average Bonchev–Trinajstić information content (AvgIpc) is 2.36. The van der Waals surface area contributed by atoms with Gasteiger partial charge in [0.15, 0.2) is 5.82 Å². The molecule has 2 rings (SSSR count). The van der Waals surface area contributed by atoms with E-state index < -0.39 is 0 Å². The van der Waals surface area contributed by atoms with E-state index in [-0.39, 0.29) is 5.82 Å². The van der Waals surface area contributed by atoms with Gasteiger partial charge < -0.3 is 16.2 Å². The monoisotopic (exact) mass is 291 g/mol. The van der Waals surface area contributed by atoms with E-state index in [1.807, 2.05) is 19.1 Å². The van der Waals surface area contributed by atoms with Crippen LogP contribution in [0.4, 0.5) is 11.5 Å². The highest BCUT2D eigenvalue weighted by Gasteiger charge is 2.11. The third kappa shape index (κ3) is 2.96.